The van der Waals surface area contributed by atoms with Gasteiger partial charge in [-0.2, -0.15) is 0 Å². The van der Waals surface area contributed by atoms with E-state index in [1.165, 1.54) is 49.0 Å². The Balaban J connectivity index is 1.69. The highest BCUT2D eigenvalue weighted by Crippen LogP contribution is 2.33. The number of nitrogens with zero attached hydrogens (tertiary/aromatic N) is 1. The van der Waals surface area contributed by atoms with Crippen molar-refractivity contribution in [3.63, 3.8) is 0 Å². The lowest BCUT2D eigenvalue weighted by atomic mass is 9.97. The van der Waals surface area contributed by atoms with Crippen molar-refractivity contribution >= 4 is 21.6 Å². The van der Waals surface area contributed by atoms with Gasteiger partial charge in [0.1, 0.15) is 10.7 Å². The molecule has 0 atom stereocenters. The van der Waals surface area contributed by atoms with E-state index in [4.69, 9.17) is 0 Å². The standard InChI is InChI=1S/C17H25N3OS/c1-2-3-4-7-10-18-11-14-19-16(21)15-12-8-5-6-9-13(12)22-17(15)20-14/h18H,2-11H2,1H3,(H,19,20,21). The van der Waals surface area contributed by atoms with Crippen LogP contribution in [0.3, 0.4) is 0 Å². The minimum atomic E-state index is 0.0483. The van der Waals surface area contributed by atoms with Crippen LogP contribution in [0, 0.1) is 0 Å². The molecule has 0 saturated carbocycles. The van der Waals surface area contributed by atoms with Crippen molar-refractivity contribution in [1.29, 1.82) is 0 Å². The van der Waals surface area contributed by atoms with Gasteiger partial charge in [-0.25, -0.2) is 4.98 Å². The van der Waals surface area contributed by atoms with Gasteiger partial charge in [-0.1, -0.05) is 26.2 Å². The van der Waals surface area contributed by atoms with Crippen molar-refractivity contribution in [1.82, 2.24) is 15.3 Å². The molecule has 2 N–H and O–H groups in total. The average Bonchev–Trinajstić information content (AvgIpc) is 2.89. The molecule has 2 aromatic rings. The van der Waals surface area contributed by atoms with Gasteiger partial charge in [-0.05, 0) is 44.2 Å². The molecule has 1 aliphatic carbocycles. The fourth-order valence-electron chi connectivity index (χ4n) is 3.18. The summed E-state index contributed by atoms with van der Waals surface area (Å²) in [6, 6.07) is 0. The third kappa shape index (κ3) is 3.41. The van der Waals surface area contributed by atoms with E-state index in [2.05, 4.69) is 22.2 Å². The van der Waals surface area contributed by atoms with E-state index in [9.17, 15) is 4.79 Å². The van der Waals surface area contributed by atoms with Gasteiger partial charge in [0.05, 0.1) is 11.9 Å². The van der Waals surface area contributed by atoms with Crippen molar-refractivity contribution in [2.75, 3.05) is 6.54 Å². The molecule has 3 rings (SSSR count). The summed E-state index contributed by atoms with van der Waals surface area (Å²) in [4.78, 5) is 22.3. The molecule has 0 radical (unpaired) electrons. The molecule has 0 fully saturated rings. The quantitative estimate of drug-likeness (QED) is 0.768. The van der Waals surface area contributed by atoms with Gasteiger partial charge in [0, 0.05) is 4.88 Å². The average molecular weight is 319 g/mol. The first-order valence-corrected chi connectivity index (χ1v) is 9.35. The predicted molar refractivity (Wildman–Crippen MR) is 92.7 cm³/mol. The Labute approximate surface area is 135 Å². The first-order valence-electron chi connectivity index (χ1n) is 8.53. The molecular weight excluding hydrogens is 294 g/mol. The predicted octanol–water partition coefficient (Wildman–Crippen LogP) is 3.53. The van der Waals surface area contributed by atoms with E-state index < -0.39 is 0 Å². The molecule has 0 amide bonds. The van der Waals surface area contributed by atoms with Gasteiger partial charge in [0.15, 0.2) is 0 Å². The molecule has 5 heteroatoms. The lowest BCUT2D eigenvalue weighted by molar-refractivity contribution is 0.588. The second-order valence-electron chi connectivity index (χ2n) is 6.14. The summed E-state index contributed by atoms with van der Waals surface area (Å²) in [6.07, 6.45) is 9.59. The van der Waals surface area contributed by atoms with Crippen LogP contribution < -0.4 is 10.9 Å². The monoisotopic (exact) mass is 319 g/mol. The van der Waals surface area contributed by atoms with Crippen LogP contribution in [0.4, 0.5) is 0 Å². The zero-order chi connectivity index (χ0) is 15.4. The highest BCUT2D eigenvalue weighted by atomic mass is 32.1. The number of aryl methyl sites for hydroxylation is 2. The molecule has 22 heavy (non-hydrogen) atoms. The summed E-state index contributed by atoms with van der Waals surface area (Å²) in [5.74, 6) is 0.770. The molecule has 1 aliphatic rings. The van der Waals surface area contributed by atoms with Gasteiger partial charge in [0.25, 0.3) is 5.56 Å². The Morgan fingerprint density at radius 3 is 2.95 bits per heavy atom. The molecule has 2 aromatic heterocycles. The Hall–Kier alpha value is -1.20. The lowest BCUT2D eigenvalue weighted by Crippen LogP contribution is -2.20. The maximum Gasteiger partial charge on any atom is 0.259 e. The highest BCUT2D eigenvalue weighted by Gasteiger charge is 2.19. The second-order valence-corrected chi connectivity index (χ2v) is 7.22. The largest absolute Gasteiger partial charge is 0.310 e. The van der Waals surface area contributed by atoms with Gasteiger partial charge in [-0.3, -0.25) is 4.79 Å². The van der Waals surface area contributed by atoms with Crippen molar-refractivity contribution < 1.29 is 0 Å². The molecule has 2 heterocycles. The molecule has 120 valence electrons. The number of fused-ring (bicyclic) bond motifs is 3. The fourth-order valence-corrected chi connectivity index (χ4v) is 4.46. The van der Waals surface area contributed by atoms with E-state index in [-0.39, 0.29) is 5.56 Å². The first kappa shape index (κ1) is 15.7. The molecule has 0 saturated heterocycles. The van der Waals surface area contributed by atoms with Crippen LogP contribution in [0.2, 0.25) is 0 Å². The first-order chi connectivity index (χ1) is 10.8. The third-order valence-corrected chi connectivity index (χ3v) is 5.56. The SMILES string of the molecule is CCCCCCNCc1nc2sc3c(c2c(=O)[nH]1)CCCC3. The van der Waals surface area contributed by atoms with Crippen LogP contribution >= 0.6 is 11.3 Å². The lowest BCUT2D eigenvalue weighted by Gasteiger charge is -2.09. The zero-order valence-electron chi connectivity index (χ0n) is 13.3. The molecule has 0 bridgehead atoms. The van der Waals surface area contributed by atoms with Crippen LogP contribution in [0.25, 0.3) is 10.2 Å². The summed E-state index contributed by atoms with van der Waals surface area (Å²) in [5.41, 5.74) is 1.31. The van der Waals surface area contributed by atoms with Crippen LogP contribution in [-0.4, -0.2) is 16.5 Å². The molecule has 0 spiro atoms. The minimum Gasteiger partial charge on any atom is -0.310 e. The number of H-pyrrole nitrogens is 1. The van der Waals surface area contributed by atoms with Gasteiger partial charge in [-0.15, -0.1) is 11.3 Å². The Bertz CT molecular complexity index is 689. The van der Waals surface area contributed by atoms with Crippen molar-refractivity contribution in [3.8, 4) is 0 Å². The molecular formula is C17H25N3OS. The molecule has 0 aromatic carbocycles. The highest BCUT2D eigenvalue weighted by molar-refractivity contribution is 7.18. The Morgan fingerprint density at radius 1 is 1.23 bits per heavy atom. The summed E-state index contributed by atoms with van der Waals surface area (Å²) in [6.45, 7) is 3.86. The molecule has 0 unspecified atom stereocenters. The minimum absolute atomic E-state index is 0.0483. The number of hydrogen-bond donors (Lipinski definition) is 2. The van der Waals surface area contributed by atoms with Crippen LogP contribution in [0.15, 0.2) is 4.79 Å². The summed E-state index contributed by atoms with van der Waals surface area (Å²) >= 11 is 1.72. The fraction of sp³-hybridized carbons (Fsp3) is 0.647. The molecule has 4 nitrogen and oxygen atoms in total. The Morgan fingerprint density at radius 2 is 2.09 bits per heavy atom. The summed E-state index contributed by atoms with van der Waals surface area (Å²) < 4.78 is 0. The van der Waals surface area contributed by atoms with Gasteiger partial charge < -0.3 is 10.3 Å². The number of hydrogen-bond acceptors (Lipinski definition) is 4. The van der Waals surface area contributed by atoms with E-state index in [0.29, 0.717) is 6.54 Å². The van der Waals surface area contributed by atoms with Crippen LogP contribution in [0.1, 0.15) is 61.7 Å². The number of rotatable bonds is 7. The number of aromatic amines is 1. The number of aromatic nitrogens is 2. The zero-order valence-corrected chi connectivity index (χ0v) is 14.2. The van der Waals surface area contributed by atoms with Crippen LogP contribution in [-0.2, 0) is 19.4 Å². The third-order valence-electron chi connectivity index (χ3n) is 4.37. The topological polar surface area (TPSA) is 57.8 Å². The smallest absolute Gasteiger partial charge is 0.259 e. The van der Waals surface area contributed by atoms with E-state index in [0.717, 1.165) is 35.4 Å². The second kappa shape index (κ2) is 7.38. The number of nitrogens with one attached hydrogen (secondary N) is 2. The van der Waals surface area contributed by atoms with Gasteiger partial charge in [0.2, 0.25) is 0 Å². The van der Waals surface area contributed by atoms with E-state index in [1.807, 2.05) is 0 Å². The van der Waals surface area contributed by atoms with Crippen molar-refractivity contribution in [3.05, 3.63) is 26.6 Å². The maximum absolute atomic E-state index is 12.4. The van der Waals surface area contributed by atoms with Crippen LogP contribution in [0.5, 0.6) is 0 Å². The number of unbranched alkanes of at least 4 members (excludes halogenated alkanes) is 3. The summed E-state index contributed by atoms with van der Waals surface area (Å²) in [7, 11) is 0. The maximum atomic E-state index is 12.4. The van der Waals surface area contributed by atoms with Gasteiger partial charge >= 0.3 is 0 Å². The van der Waals surface area contributed by atoms with Crippen molar-refractivity contribution in [2.45, 2.75) is 64.8 Å². The molecule has 0 aliphatic heterocycles. The van der Waals surface area contributed by atoms with E-state index >= 15 is 0 Å². The van der Waals surface area contributed by atoms with E-state index in [1.54, 1.807) is 11.3 Å². The summed E-state index contributed by atoms with van der Waals surface area (Å²) in [5, 5.41) is 4.24. The Kier molecular flexibility index (Phi) is 5.26. The van der Waals surface area contributed by atoms with Crippen molar-refractivity contribution in [2.24, 2.45) is 0 Å². The number of thiophene rings is 1. The normalized spacial score (nSPS) is 14.4.